The van der Waals surface area contributed by atoms with E-state index in [1.807, 2.05) is 31.2 Å². The first-order chi connectivity index (χ1) is 5.74. The highest BCUT2D eigenvalue weighted by Gasteiger charge is 2.00. The molecule has 2 nitrogen and oxygen atoms in total. The molecule has 0 saturated carbocycles. The zero-order valence-electron chi connectivity index (χ0n) is 6.99. The van der Waals surface area contributed by atoms with Crippen LogP contribution < -0.4 is 0 Å². The molecule has 0 aliphatic carbocycles. The highest BCUT2D eigenvalue weighted by Crippen LogP contribution is 2.07. The average Bonchev–Trinajstić information content (AvgIpc) is 2.06. The molecule has 1 N–H and O–H groups in total. The summed E-state index contributed by atoms with van der Waals surface area (Å²) in [5, 5.41) is 8.56. The van der Waals surface area contributed by atoms with Crippen molar-refractivity contribution in [3.63, 3.8) is 0 Å². The molecule has 1 aromatic rings. The van der Waals surface area contributed by atoms with Crippen molar-refractivity contribution in [3.8, 4) is 0 Å². The Labute approximate surface area is 74.7 Å². The minimum absolute atomic E-state index is 0.0273. The second kappa shape index (κ2) is 4.38. The maximum Gasteiger partial charge on any atom is 0.0552 e. The van der Waals surface area contributed by atoms with Crippen molar-refractivity contribution >= 4 is 10.8 Å². The van der Waals surface area contributed by atoms with Gasteiger partial charge < -0.3 is 5.11 Å². The van der Waals surface area contributed by atoms with Gasteiger partial charge in [-0.15, -0.1) is 0 Å². The third kappa shape index (κ3) is 2.43. The van der Waals surface area contributed by atoms with Crippen molar-refractivity contribution < 1.29 is 9.32 Å². The van der Waals surface area contributed by atoms with Crippen LogP contribution >= 0.6 is 0 Å². The number of aliphatic hydroxyl groups excluding tert-OH is 1. The summed E-state index contributed by atoms with van der Waals surface area (Å²) < 4.78 is 11.3. The molecule has 0 heterocycles. The molecule has 1 unspecified atom stereocenters. The van der Waals surface area contributed by atoms with Gasteiger partial charge in [0.05, 0.1) is 23.2 Å². The van der Waals surface area contributed by atoms with Crippen LogP contribution in [0, 0.1) is 6.92 Å². The SMILES string of the molecule is Cc1ccc(S(=O)CCO)cc1. The summed E-state index contributed by atoms with van der Waals surface area (Å²) in [6.45, 7) is 1.96. The predicted molar refractivity (Wildman–Crippen MR) is 49.5 cm³/mol. The van der Waals surface area contributed by atoms with E-state index in [2.05, 4.69) is 0 Å². The van der Waals surface area contributed by atoms with Crippen LogP contribution in [0.1, 0.15) is 5.56 Å². The fourth-order valence-electron chi connectivity index (χ4n) is 0.891. The van der Waals surface area contributed by atoms with Crippen molar-refractivity contribution in [2.75, 3.05) is 12.4 Å². The van der Waals surface area contributed by atoms with E-state index in [1.165, 1.54) is 0 Å². The quantitative estimate of drug-likeness (QED) is 0.763. The lowest BCUT2D eigenvalue weighted by molar-refractivity contribution is 0.321. The molecule has 66 valence electrons. The van der Waals surface area contributed by atoms with Crippen molar-refractivity contribution in [3.05, 3.63) is 29.8 Å². The van der Waals surface area contributed by atoms with Crippen LogP contribution in [0.5, 0.6) is 0 Å². The molecule has 0 radical (unpaired) electrons. The molecule has 3 heteroatoms. The van der Waals surface area contributed by atoms with E-state index in [-0.39, 0.29) is 6.61 Å². The van der Waals surface area contributed by atoms with Crippen LogP contribution in [-0.4, -0.2) is 21.7 Å². The Morgan fingerprint density at radius 3 is 2.42 bits per heavy atom. The summed E-state index contributed by atoms with van der Waals surface area (Å²) in [5.74, 6) is 0.322. The first-order valence-electron chi connectivity index (χ1n) is 3.80. The zero-order chi connectivity index (χ0) is 8.97. The second-order valence-electron chi connectivity index (χ2n) is 2.59. The monoisotopic (exact) mass is 184 g/mol. The summed E-state index contributed by atoms with van der Waals surface area (Å²) >= 11 is 0. The third-order valence-corrected chi connectivity index (χ3v) is 2.91. The van der Waals surface area contributed by atoms with Gasteiger partial charge >= 0.3 is 0 Å². The third-order valence-electron chi connectivity index (χ3n) is 1.56. The van der Waals surface area contributed by atoms with Crippen LogP contribution in [0.15, 0.2) is 29.2 Å². The molecule has 0 bridgehead atoms. The second-order valence-corrected chi connectivity index (χ2v) is 4.16. The molecule has 0 aliphatic heterocycles. The molecular weight excluding hydrogens is 172 g/mol. The first kappa shape index (κ1) is 9.42. The Morgan fingerprint density at radius 1 is 1.33 bits per heavy atom. The van der Waals surface area contributed by atoms with E-state index >= 15 is 0 Å². The Hall–Kier alpha value is -0.670. The van der Waals surface area contributed by atoms with Gasteiger partial charge in [-0.3, -0.25) is 4.21 Å². The van der Waals surface area contributed by atoms with Gasteiger partial charge in [-0.25, -0.2) is 0 Å². The van der Waals surface area contributed by atoms with Gasteiger partial charge in [0.15, 0.2) is 0 Å². The lowest BCUT2D eigenvalue weighted by Crippen LogP contribution is -2.01. The minimum atomic E-state index is -1.04. The van der Waals surface area contributed by atoms with Gasteiger partial charge in [0.1, 0.15) is 0 Å². The van der Waals surface area contributed by atoms with E-state index in [9.17, 15) is 4.21 Å². The molecule has 0 aliphatic rings. The average molecular weight is 184 g/mol. The standard InChI is InChI=1S/C9H12O2S/c1-8-2-4-9(5-3-8)12(11)7-6-10/h2-5,10H,6-7H2,1H3. The fourth-order valence-corrected chi connectivity index (χ4v) is 1.73. The van der Waals surface area contributed by atoms with Crippen molar-refractivity contribution in [2.24, 2.45) is 0 Å². The molecule has 0 fully saturated rings. The van der Waals surface area contributed by atoms with Gasteiger partial charge in [-0.05, 0) is 19.1 Å². The number of benzene rings is 1. The normalized spacial score (nSPS) is 12.8. The summed E-state index contributed by atoms with van der Waals surface area (Å²) in [4.78, 5) is 0.787. The lowest BCUT2D eigenvalue weighted by Gasteiger charge is -1.99. The Kier molecular flexibility index (Phi) is 3.44. The van der Waals surface area contributed by atoms with Crippen LogP contribution in [0.4, 0.5) is 0 Å². The van der Waals surface area contributed by atoms with E-state index in [0.29, 0.717) is 5.75 Å². The van der Waals surface area contributed by atoms with Gasteiger partial charge in [0.25, 0.3) is 0 Å². The number of hydrogen-bond donors (Lipinski definition) is 1. The lowest BCUT2D eigenvalue weighted by atomic mass is 10.2. The molecule has 12 heavy (non-hydrogen) atoms. The maximum absolute atomic E-state index is 11.3. The number of rotatable bonds is 3. The van der Waals surface area contributed by atoms with Gasteiger partial charge in [0, 0.05) is 4.90 Å². The summed E-state index contributed by atoms with van der Waals surface area (Å²) in [7, 11) is -1.04. The fraction of sp³-hybridized carbons (Fsp3) is 0.333. The van der Waals surface area contributed by atoms with Crippen molar-refractivity contribution in [1.29, 1.82) is 0 Å². The molecule has 0 aromatic heterocycles. The van der Waals surface area contributed by atoms with Crippen LogP contribution in [0.2, 0.25) is 0 Å². The zero-order valence-corrected chi connectivity index (χ0v) is 7.80. The highest BCUT2D eigenvalue weighted by molar-refractivity contribution is 7.85. The highest BCUT2D eigenvalue weighted by atomic mass is 32.2. The van der Waals surface area contributed by atoms with E-state index in [0.717, 1.165) is 10.5 Å². The Bertz CT molecular complexity index is 266. The molecular formula is C9H12O2S. The van der Waals surface area contributed by atoms with Crippen LogP contribution in [0.25, 0.3) is 0 Å². The van der Waals surface area contributed by atoms with Gasteiger partial charge in [0.2, 0.25) is 0 Å². The maximum atomic E-state index is 11.3. The smallest absolute Gasteiger partial charge is 0.0552 e. The number of hydrogen-bond acceptors (Lipinski definition) is 2. The summed E-state index contributed by atoms with van der Waals surface area (Å²) in [6.07, 6.45) is 0. The van der Waals surface area contributed by atoms with Gasteiger partial charge in [-0.1, -0.05) is 17.7 Å². The topological polar surface area (TPSA) is 37.3 Å². The molecule has 1 rings (SSSR count). The van der Waals surface area contributed by atoms with E-state index in [4.69, 9.17) is 5.11 Å². The molecule has 1 atom stereocenters. The van der Waals surface area contributed by atoms with E-state index < -0.39 is 10.8 Å². The molecule has 0 amide bonds. The van der Waals surface area contributed by atoms with Crippen LogP contribution in [0.3, 0.4) is 0 Å². The largest absolute Gasteiger partial charge is 0.395 e. The van der Waals surface area contributed by atoms with Crippen LogP contribution in [-0.2, 0) is 10.8 Å². The molecule has 0 spiro atoms. The Morgan fingerprint density at radius 2 is 1.92 bits per heavy atom. The van der Waals surface area contributed by atoms with Gasteiger partial charge in [-0.2, -0.15) is 0 Å². The number of aliphatic hydroxyl groups is 1. The van der Waals surface area contributed by atoms with E-state index in [1.54, 1.807) is 0 Å². The minimum Gasteiger partial charge on any atom is -0.395 e. The number of aryl methyl sites for hydroxylation is 1. The summed E-state index contributed by atoms with van der Waals surface area (Å²) in [5.41, 5.74) is 1.15. The Balaban J connectivity index is 2.75. The predicted octanol–water partition coefficient (Wildman–Crippen LogP) is 1.09. The molecule has 1 aromatic carbocycles. The van der Waals surface area contributed by atoms with Crippen molar-refractivity contribution in [2.45, 2.75) is 11.8 Å². The molecule has 0 saturated heterocycles. The first-order valence-corrected chi connectivity index (χ1v) is 5.12. The summed E-state index contributed by atoms with van der Waals surface area (Å²) in [6, 6.07) is 7.51. The van der Waals surface area contributed by atoms with Crippen molar-refractivity contribution in [1.82, 2.24) is 0 Å².